The van der Waals surface area contributed by atoms with Crippen LogP contribution in [0.2, 0.25) is 5.02 Å². The minimum Gasteiger partial charge on any atom is -0.338 e. The van der Waals surface area contributed by atoms with Crippen LogP contribution in [0.1, 0.15) is 33.1 Å². The van der Waals surface area contributed by atoms with Crippen molar-refractivity contribution < 1.29 is 4.79 Å². The molecule has 3 rings (SSSR count). The standard InChI is InChI=1S/C16H13ClN2OS/c17-13-5-3-4-12(10-13)6-7-15-18-11-14(21-15)16(20)19-8-1-2-9-19/h3-5,10-11H,1-2,8-9H2. The molecule has 1 amide bonds. The van der Waals surface area contributed by atoms with Gasteiger partial charge in [0.15, 0.2) is 5.01 Å². The number of benzene rings is 1. The van der Waals surface area contributed by atoms with Gasteiger partial charge in [0.1, 0.15) is 4.88 Å². The van der Waals surface area contributed by atoms with Crippen LogP contribution in [-0.2, 0) is 0 Å². The Morgan fingerprint density at radius 1 is 1.29 bits per heavy atom. The fourth-order valence-corrected chi connectivity index (χ4v) is 3.13. The maximum absolute atomic E-state index is 12.2. The molecule has 1 saturated heterocycles. The Morgan fingerprint density at radius 2 is 2.10 bits per heavy atom. The molecule has 106 valence electrons. The highest BCUT2D eigenvalue weighted by molar-refractivity contribution is 7.14. The molecule has 1 fully saturated rings. The van der Waals surface area contributed by atoms with Crippen LogP contribution in [0.3, 0.4) is 0 Å². The molecule has 3 nitrogen and oxygen atoms in total. The third-order valence-electron chi connectivity index (χ3n) is 3.25. The summed E-state index contributed by atoms with van der Waals surface area (Å²) in [4.78, 5) is 19.0. The van der Waals surface area contributed by atoms with Crippen LogP contribution in [-0.4, -0.2) is 28.9 Å². The zero-order valence-corrected chi connectivity index (χ0v) is 12.9. The zero-order chi connectivity index (χ0) is 14.7. The van der Waals surface area contributed by atoms with Gasteiger partial charge in [0.25, 0.3) is 5.91 Å². The van der Waals surface area contributed by atoms with E-state index in [1.165, 1.54) is 11.3 Å². The Labute approximate surface area is 132 Å². The summed E-state index contributed by atoms with van der Waals surface area (Å²) in [6.07, 6.45) is 3.80. The molecular weight excluding hydrogens is 304 g/mol. The van der Waals surface area contributed by atoms with Gasteiger partial charge in [0, 0.05) is 23.7 Å². The molecular formula is C16H13ClN2OS. The lowest BCUT2D eigenvalue weighted by Crippen LogP contribution is -2.26. The summed E-state index contributed by atoms with van der Waals surface area (Å²) in [6, 6.07) is 7.36. The second-order valence-corrected chi connectivity index (χ2v) is 6.26. The van der Waals surface area contributed by atoms with Crippen molar-refractivity contribution in [1.29, 1.82) is 0 Å². The van der Waals surface area contributed by atoms with E-state index in [1.807, 2.05) is 23.1 Å². The van der Waals surface area contributed by atoms with Gasteiger partial charge in [-0.15, -0.1) is 11.3 Å². The minimum absolute atomic E-state index is 0.0702. The fourth-order valence-electron chi connectivity index (χ4n) is 2.20. The summed E-state index contributed by atoms with van der Waals surface area (Å²) in [5.41, 5.74) is 0.838. The van der Waals surface area contributed by atoms with Gasteiger partial charge in [-0.3, -0.25) is 4.79 Å². The number of thiazole rings is 1. The third kappa shape index (κ3) is 3.44. The van der Waals surface area contributed by atoms with E-state index >= 15 is 0 Å². The Bertz CT molecular complexity index is 723. The van der Waals surface area contributed by atoms with Crippen molar-refractivity contribution in [2.45, 2.75) is 12.8 Å². The lowest BCUT2D eigenvalue weighted by molar-refractivity contribution is 0.0797. The molecule has 1 aliphatic rings. The Hall–Kier alpha value is -1.83. The van der Waals surface area contributed by atoms with Crippen LogP contribution >= 0.6 is 22.9 Å². The van der Waals surface area contributed by atoms with Crippen molar-refractivity contribution in [3.8, 4) is 11.8 Å². The Kier molecular flexibility index (Phi) is 4.23. The first-order valence-corrected chi connectivity index (χ1v) is 7.94. The normalized spacial score (nSPS) is 13.9. The molecule has 2 heterocycles. The minimum atomic E-state index is 0.0702. The SMILES string of the molecule is O=C(c1cnc(C#Cc2cccc(Cl)c2)s1)N1CCCC1. The van der Waals surface area contributed by atoms with E-state index in [9.17, 15) is 4.79 Å². The van der Waals surface area contributed by atoms with E-state index in [1.54, 1.807) is 12.3 Å². The number of hydrogen-bond acceptors (Lipinski definition) is 3. The fraction of sp³-hybridized carbons (Fsp3) is 0.250. The average molecular weight is 317 g/mol. The van der Waals surface area contributed by atoms with Crippen LogP contribution in [0.4, 0.5) is 0 Å². The maximum Gasteiger partial charge on any atom is 0.265 e. The van der Waals surface area contributed by atoms with E-state index in [-0.39, 0.29) is 5.91 Å². The molecule has 1 aliphatic heterocycles. The highest BCUT2D eigenvalue weighted by Gasteiger charge is 2.21. The zero-order valence-electron chi connectivity index (χ0n) is 11.3. The van der Waals surface area contributed by atoms with Crippen molar-refractivity contribution in [3.05, 3.63) is 50.9 Å². The molecule has 2 aromatic rings. The summed E-state index contributed by atoms with van der Waals surface area (Å²) in [6.45, 7) is 1.69. The molecule has 0 saturated carbocycles. The lowest BCUT2D eigenvalue weighted by atomic mass is 10.2. The summed E-state index contributed by atoms with van der Waals surface area (Å²) >= 11 is 7.26. The molecule has 0 radical (unpaired) electrons. The third-order valence-corrected chi connectivity index (χ3v) is 4.38. The van der Waals surface area contributed by atoms with E-state index in [0.29, 0.717) is 14.9 Å². The summed E-state index contributed by atoms with van der Waals surface area (Å²) < 4.78 is 0. The number of carbonyl (C=O) groups excluding carboxylic acids is 1. The van der Waals surface area contributed by atoms with Gasteiger partial charge in [0.05, 0.1) is 6.20 Å². The van der Waals surface area contributed by atoms with E-state index in [2.05, 4.69) is 16.8 Å². The van der Waals surface area contributed by atoms with Gasteiger partial charge in [-0.2, -0.15) is 0 Å². The van der Waals surface area contributed by atoms with Crippen molar-refractivity contribution in [3.63, 3.8) is 0 Å². The average Bonchev–Trinajstić information content (AvgIpc) is 3.16. The predicted molar refractivity (Wildman–Crippen MR) is 84.7 cm³/mol. The topological polar surface area (TPSA) is 33.2 Å². The Balaban J connectivity index is 1.75. The number of aromatic nitrogens is 1. The molecule has 0 spiro atoms. The van der Waals surface area contributed by atoms with Gasteiger partial charge >= 0.3 is 0 Å². The van der Waals surface area contributed by atoms with E-state index < -0.39 is 0 Å². The molecule has 0 N–H and O–H groups in total. The van der Waals surface area contributed by atoms with Crippen LogP contribution in [0.25, 0.3) is 0 Å². The number of nitrogens with zero attached hydrogens (tertiary/aromatic N) is 2. The van der Waals surface area contributed by atoms with E-state index in [0.717, 1.165) is 31.5 Å². The quantitative estimate of drug-likeness (QED) is 0.755. The van der Waals surface area contributed by atoms with Gasteiger partial charge in [0.2, 0.25) is 0 Å². The largest absolute Gasteiger partial charge is 0.338 e. The number of hydrogen-bond donors (Lipinski definition) is 0. The van der Waals surface area contributed by atoms with Crippen molar-refractivity contribution in [2.75, 3.05) is 13.1 Å². The predicted octanol–water partition coefficient (Wildman–Crippen LogP) is 3.43. The smallest absolute Gasteiger partial charge is 0.265 e. The molecule has 1 aromatic heterocycles. The summed E-state index contributed by atoms with van der Waals surface area (Å²) in [5, 5.41) is 1.31. The van der Waals surface area contributed by atoms with Crippen LogP contribution < -0.4 is 0 Å². The van der Waals surface area contributed by atoms with Crippen LogP contribution in [0.15, 0.2) is 30.5 Å². The van der Waals surface area contributed by atoms with Crippen molar-refractivity contribution >= 4 is 28.8 Å². The summed E-state index contributed by atoms with van der Waals surface area (Å²) in [7, 11) is 0. The first-order chi connectivity index (χ1) is 10.2. The van der Waals surface area contributed by atoms with Gasteiger partial charge < -0.3 is 4.90 Å². The van der Waals surface area contributed by atoms with Gasteiger partial charge in [-0.1, -0.05) is 23.6 Å². The highest BCUT2D eigenvalue weighted by atomic mass is 35.5. The van der Waals surface area contributed by atoms with E-state index in [4.69, 9.17) is 11.6 Å². The van der Waals surface area contributed by atoms with Gasteiger partial charge in [-0.05, 0) is 37.0 Å². The molecule has 0 bridgehead atoms. The van der Waals surface area contributed by atoms with Gasteiger partial charge in [-0.25, -0.2) is 4.98 Å². The number of amides is 1. The second kappa shape index (κ2) is 6.30. The summed E-state index contributed by atoms with van der Waals surface area (Å²) in [5.74, 6) is 6.06. The Morgan fingerprint density at radius 3 is 2.86 bits per heavy atom. The molecule has 0 unspecified atom stereocenters. The van der Waals surface area contributed by atoms with Crippen LogP contribution in [0.5, 0.6) is 0 Å². The second-order valence-electron chi connectivity index (χ2n) is 4.79. The maximum atomic E-state index is 12.2. The van der Waals surface area contributed by atoms with Crippen molar-refractivity contribution in [2.24, 2.45) is 0 Å². The number of rotatable bonds is 1. The highest BCUT2D eigenvalue weighted by Crippen LogP contribution is 2.18. The van der Waals surface area contributed by atoms with Crippen molar-refractivity contribution in [1.82, 2.24) is 9.88 Å². The lowest BCUT2D eigenvalue weighted by Gasteiger charge is -2.12. The number of carbonyl (C=O) groups is 1. The molecule has 0 aliphatic carbocycles. The first-order valence-electron chi connectivity index (χ1n) is 6.75. The molecule has 1 aromatic carbocycles. The monoisotopic (exact) mass is 316 g/mol. The molecule has 5 heteroatoms. The molecule has 0 atom stereocenters. The van der Waals surface area contributed by atoms with Crippen LogP contribution in [0, 0.1) is 11.8 Å². The number of likely N-dealkylation sites (tertiary alicyclic amines) is 1. The number of halogens is 1. The first kappa shape index (κ1) is 14.1. The molecule has 21 heavy (non-hydrogen) atoms.